The van der Waals surface area contributed by atoms with Gasteiger partial charge in [0.05, 0.1) is 10.0 Å². The van der Waals surface area contributed by atoms with E-state index < -0.39 is 11.9 Å². The summed E-state index contributed by atoms with van der Waals surface area (Å²) in [5.74, 6) is -0.805. The van der Waals surface area contributed by atoms with Crippen molar-refractivity contribution >= 4 is 27.9 Å². The third-order valence-corrected chi connectivity index (χ3v) is 3.71. The van der Waals surface area contributed by atoms with E-state index in [1.807, 2.05) is 12.1 Å². The number of hydrogen-bond acceptors (Lipinski definition) is 4. The van der Waals surface area contributed by atoms with Crippen LogP contribution in [0.15, 0.2) is 46.9 Å². The molecule has 0 amide bonds. The zero-order valence-corrected chi connectivity index (χ0v) is 14.0. The van der Waals surface area contributed by atoms with E-state index >= 15 is 0 Å². The molecule has 1 N–H and O–H groups in total. The average Bonchev–Trinajstić information content (AvgIpc) is 2.55. The Kier molecular flexibility index (Phi) is 5.76. The van der Waals surface area contributed by atoms with Gasteiger partial charge in [0.25, 0.3) is 0 Å². The zero-order valence-electron chi connectivity index (χ0n) is 12.4. The third-order valence-electron chi connectivity index (χ3n) is 3.09. The van der Waals surface area contributed by atoms with Crippen LogP contribution in [0.4, 0.5) is 0 Å². The molecule has 6 heteroatoms. The number of aromatic carboxylic acids is 1. The van der Waals surface area contributed by atoms with Gasteiger partial charge < -0.3 is 14.6 Å². The second-order valence-corrected chi connectivity index (χ2v) is 5.56. The Morgan fingerprint density at radius 3 is 2.39 bits per heavy atom. The molecule has 0 aliphatic carbocycles. The van der Waals surface area contributed by atoms with E-state index in [-0.39, 0.29) is 17.9 Å². The highest BCUT2D eigenvalue weighted by Crippen LogP contribution is 2.26. The smallest absolute Gasteiger partial charge is 0.349 e. The van der Waals surface area contributed by atoms with Crippen LogP contribution in [0.5, 0.6) is 11.5 Å². The highest BCUT2D eigenvalue weighted by atomic mass is 79.9. The first kappa shape index (κ1) is 17.0. The van der Waals surface area contributed by atoms with Gasteiger partial charge in [-0.05, 0) is 58.2 Å². The number of carboxylic acids is 1. The number of carbonyl (C=O) groups excluding carboxylic acids is 1. The van der Waals surface area contributed by atoms with Gasteiger partial charge >= 0.3 is 11.9 Å². The standard InChI is InChI=1S/C17H15BrO5/c1-2-11-3-6-13(7-4-11)22-10-16(19)23-15-8-5-12(17(20)21)9-14(15)18/h3-9H,2,10H2,1H3,(H,20,21). The maximum atomic E-state index is 11.8. The van der Waals surface area contributed by atoms with Crippen molar-refractivity contribution in [1.82, 2.24) is 0 Å². The van der Waals surface area contributed by atoms with Crippen LogP contribution in [0.25, 0.3) is 0 Å². The average molecular weight is 379 g/mol. The van der Waals surface area contributed by atoms with Gasteiger partial charge in [0.2, 0.25) is 0 Å². The maximum absolute atomic E-state index is 11.8. The summed E-state index contributed by atoms with van der Waals surface area (Å²) in [4.78, 5) is 22.6. The van der Waals surface area contributed by atoms with Crippen LogP contribution in [-0.2, 0) is 11.2 Å². The summed E-state index contributed by atoms with van der Waals surface area (Å²) >= 11 is 3.17. The summed E-state index contributed by atoms with van der Waals surface area (Å²) < 4.78 is 10.9. The molecule has 2 aromatic carbocycles. The predicted molar refractivity (Wildman–Crippen MR) is 88.1 cm³/mol. The molecule has 0 saturated carbocycles. The molecule has 2 rings (SSSR count). The summed E-state index contributed by atoms with van der Waals surface area (Å²) in [5, 5.41) is 8.88. The fourth-order valence-corrected chi connectivity index (χ4v) is 2.29. The number of aryl methyl sites for hydroxylation is 1. The Bertz CT molecular complexity index is 709. The number of hydrogen-bond donors (Lipinski definition) is 1. The van der Waals surface area contributed by atoms with E-state index in [9.17, 15) is 9.59 Å². The number of carboxylic acid groups (broad SMARTS) is 1. The largest absolute Gasteiger partial charge is 0.482 e. The normalized spacial score (nSPS) is 10.2. The molecule has 23 heavy (non-hydrogen) atoms. The number of benzene rings is 2. The number of rotatable bonds is 6. The highest BCUT2D eigenvalue weighted by molar-refractivity contribution is 9.10. The van der Waals surface area contributed by atoms with Gasteiger partial charge in [0.1, 0.15) is 11.5 Å². The monoisotopic (exact) mass is 378 g/mol. The molecular weight excluding hydrogens is 364 g/mol. The Balaban J connectivity index is 1.92. The van der Waals surface area contributed by atoms with Crippen molar-refractivity contribution in [3.05, 3.63) is 58.1 Å². The summed E-state index contributed by atoms with van der Waals surface area (Å²) in [6.07, 6.45) is 0.933. The van der Waals surface area contributed by atoms with Crippen LogP contribution in [0.1, 0.15) is 22.8 Å². The molecule has 0 aliphatic heterocycles. The van der Waals surface area contributed by atoms with Crippen LogP contribution in [0.3, 0.4) is 0 Å². The summed E-state index contributed by atoms with van der Waals surface area (Å²) in [6, 6.07) is 11.6. The molecule has 5 nitrogen and oxygen atoms in total. The summed E-state index contributed by atoms with van der Waals surface area (Å²) in [7, 11) is 0. The van der Waals surface area contributed by atoms with E-state index in [1.165, 1.54) is 23.8 Å². The number of ether oxygens (including phenoxy) is 2. The minimum Gasteiger partial charge on any atom is -0.482 e. The molecule has 0 radical (unpaired) electrons. The van der Waals surface area contributed by atoms with Gasteiger partial charge in [0, 0.05) is 0 Å². The Morgan fingerprint density at radius 2 is 1.83 bits per heavy atom. The molecule has 2 aromatic rings. The topological polar surface area (TPSA) is 72.8 Å². The zero-order chi connectivity index (χ0) is 16.8. The number of esters is 1. The van der Waals surface area contributed by atoms with Gasteiger partial charge in [0.15, 0.2) is 6.61 Å². The van der Waals surface area contributed by atoms with Gasteiger partial charge in [-0.1, -0.05) is 19.1 Å². The highest BCUT2D eigenvalue weighted by Gasteiger charge is 2.12. The second-order valence-electron chi connectivity index (χ2n) is 4.71. The quantitative estimate of drug-likeness (QED) is 0.612. The van der Waals surface area contributed by atoms with Gasteiger partial charge in [-0.2, -0.15) is 0 Å². The van der Waals surface area contributed by atoms with E-state index in [2.05, 4.69) is 22.9 Å². The van der Waals surface area contributed by atoms with Crippen LogP contribution in [0.2, 0.25) is 0 Å². The lowest BCUT2D eigenvalue weighted by atomic mass is 10.2. The van der Waals surface area contributed by atoms with Crippen molar-refractivity contribution in [3.63, 3.8) is 0 Å². The molecule has 0 heterocycles. The fourth-order valence-electron chi connectivity index (χ4n) is 1.83. The van der Waals surface area contributed by atoms with E-state index in [1.54, 1.807) is 12.1 Å². The first-order valence-corrected chi connectivity index (χ1v) is 7.74. The molecule has 0 saturated heterocycles. The lowest BCUT2D eigenvalue weighted by molar-refractivity contribution is -0.136. The summed E-state index contributed by atoms with van der Waals surface area (Å²) in [5.41, 5.74) is 1.28. The van der Waals surface area contributed by atoms with Crippen molar-refractivity contribution in [2.45, 2.75) is 13.3 Å². The molecule has 0 unspecified atom stereocenters. The van der Waals surface area contributed by atoms with Crippen molar-refractivity contribution in [1.29, 1.82) is 0 Å². The minimum absolute atomic E-state index is 0.101. The van der Waals surface area contributed by atoms with Gasteiger partial charge in [-0.3, -0.25) is 0 Å². The van der Waals surface area contributed by atoms with Gasteiger partial charge in [-0.25, -0.2) is 9.59 Å². The fraction of sp³-hybridized carbons (Fsp3) is 0.176. The molecule has 0 atom stereocenters. The van der Waals surface area contributed by atoms with Crippen molar-refractivity contribution in [2.24, 2.45) is 0 Å². The SMILES string of the molecule is CCc1ccc(OCC(=O)Oc2ccc(C(=O)O)cc2Br)cc1. The maximum Gasteiger partial charge on any atom is 0.349 e. The molecule has 0 bridgehead atoms. The molecule has 0 aromatic heterocycles. The predicted octanol–water partition coefficient (Wildman–Crippen LogP) is 3.69. The second kappa shape index (κ2) is 7.78. The summed E-state index contributed by atoms with van der Waals surface area (Å²) in [6.45, 7) is 1.82. The Morgan fingerprint density at radius 1 is 1.13 bits per heavy atom. The van der Waals surface area contributed by atoms with Crippen molar-refractivity contribution < 1.29 is 24.2 Å². The van der Waals surface area contributed by atoms with Crippen LogP contribution in [-0.4, -0.2) is 23.7 Å². The lowest BCUT2D eigenvalue weighted by Gasteiger charge is -2.09. The van der Waals surface area contributed by atoms with Crippen molar-refractivity contribution in [3.8, 4) is 11.5 Å². The molecule has 0 fully saturated rings. The molecule has 0 aliphatic rings. The van der Waals surface area contributed by atoms with E-state index in [0.717, 1.165) is 6.42 Å². The molecular formula is C17H15BrO5. The van der Waals surface area contributed by atoms with Crippen LogP contribution < -0.4 is 9.47 Å². The number of carbonyl (C=O) groups is 2. The van der Waals surface area contributed by atoms with Crippen LogP contribution in [0, 0.1) is 0 Å². The van der Waals surface area contributed by atoms with Crippen LogP contribution >= 0.6 is 15.9 Å². The first-order valence-electron chi connectivity index (χ1n) is 6.95. The van der Waals surface area contributed by atoms with Crippen molar-refractivity contribution in [2.75, 3.05) is 6.61 Å². The lowest BCUT2D eigenvalue weighted by Crippen LogP contribution is -2.18. The third kappa shape index (κ3) is 4.82. The molecule has 0 spiro atoms. The van der Waals surface area contributed by atoms with Gasteiger partial charge in [-0.15, -0.1) is 0 Å². The number of halogens is 1. The Labute approximate surface area is 142 Å². The molecule has 120 valence electrons. The van der Waals surface area contributed by atoms with E-state index in [0.29, 0.717) is 10.2 Å². The Hall–Kier alpha value is -2.34. The first-order chi connectivity index (χ1) is 11.0. The van der Waals surface area contributed by atoms with E-state index in [4.69, 9.17) is 14.6 Å². The minimum atomic E-state index is -1.05.